The van der Waals surface area contributed by atoms with Crippen LogP contribution >= 0.6 is 0 Å². The molecule has 0 heterocycles. The van der Waals surface area contributed by atoms with Gasteiger partial charge in [0, 0.05) is 23.9 Å². The average Bonchev–Trinajstić information content (AvgIpc) is 3.00. The van der Waals surface area contributed by atoms with Crippen molar-refractivity contribution in [2.45, 2.75) is 117 Å². The van der Waals surface area contributed by atoms with E-state index >= 15 is 0 Å². The summed E-state index contributed by atoms with van der Waals surface area (Å²) >= 11 is 0. The Morgan fingerprint density at radius 2 is 1.43 bits per heavy atom. The number of hydrogen-bond donors (Lipinski definition) is 1. The van der Waals surface area contributed by atoms with Gasteiger partial charge in [0.2, 0.25) is 0 Å². The van der Waals surface area contributed by atoms with E-state index < -0.39 is 0 Å². The maximum atomic E-state index is 11.8. The van der Waals surface area contributed by atoms with Crippen LogP contribution in [0.4, 0.5) is 5.69 Å². The molecule has 232 valence electrons. The smallest absolute Gasteiger partial charge is 0.330 e. The number of unbranched alkanes of at least 4 members (excludes halogenated alkanes) is 13. The first-order chi connectivity index (χ1) is 20.5. The molecule has 0 saturated carbocycles. The molecular formula is C37H55NO4. The molecule has 0 fully saturated rings. The second-order valence-corrected chi connectivity index (χ2v) is 11.5. The molecule has 0 aromatic heterocycles. The third-order valence-corrected chi connectivity index (χ3v) is 7.63. The highest BCUT2D eigenvalue weighted by molar-refractivity contribution is 5.87. The number of phenolic OH excluding ortho intramolecular Hbond substituents is 1. The van der Waals surface area contributed by atoms with Gasteiger partial charge in [0.05, 0.1) is 18.9 Å². The summed E-state index contributed by atoms with van der Waals surface area (Å²) in [6.07, 6.45) is 24.5. The van der Waals surface area contributed by atoms with Crippen LogP contribution in [0.5, 0.6) is 11.5 Å². The summed E-state index contributed by atoms with van der Waals surface area (Å²) in [5.74, 6) is 0.854. The highest BCUT2D eigenvalue weighted by Crippen LogP contribution is 2.24. The Morgan fingerprint density at radius 1 is 0.833 bits per heavy atom. The topological polar surface area (TPSA) is 68.1 Å². The van der Waals surface area contributed by atoms with Crippen LogP contribution in [-0.4, -0.2) is 30.5 Å². The SMILES string of the molecule is CCCCCCCCCCCCCCCCOc1ccc(C=Nc2ccc(/C=C/C(=O)OCC(C)CC)cc2)c(O)c1. The molecule has 5 heteroatoms. The van der Waals surface area contributed by atoms with Crippen LogP contribution in [0.15, 0.2) is 53.5 Å². The predicted octanol–water partition coefficient (Wildman–Crippen LogP) is 10.6. The number of carbonyl (C=O) groups is 1. The lowest BCUT2D eigenvalue weighted by Crippen LogP contribution is -2.08. The zero-order chi connectivity index (χ0) is 30.3. The van der Waals surface area contributed by atoms with Crippen LogP contribution in [0.1, 0.15) is 128 Å². The number of aliphatic imine (C=N–C) groups is 1. The minimum atomic E-state index is -0.333. The van der Waals surface area contributed by atoms with Crippen molar-refractivity contribution in [3.8, 4) is 11.5 Å². The lowest BCUT2D eigenvalue weighted by molar-refractivity contribution is -0.138. The predicted molar refractivity (Wildman–Crippen MR) is 177 cm³/mol. The zero-order valence-electron chi connectivity index (χ0n) is 26.5. The number of esters is 1. The normalized spacial score (nSPS) is 12.3. The summed E-state index contributed by atoms with van der Waals surface area (Å²) in [6.45, 7) is 7.51. The van der Waals surface area contributed by atoms with Gasteiger partial charge in [0.1, 0.15) is 11.5 Å². The molecule has 0 amide bonds. The number of phenols is 1. The first kappa shape index (κ1) is 35.1. The van der Waals surface area contributed by atoms with Crippen molar-refractivity contribution < 1.29 is 19.4 Å². The highest BCUT2D eigenvalue weighted by atomic mass is 16.5. The first-order valence-corrected chi connectivity index (χ1v) is 16.5. The van der Waals surface area contributed by atoms with E-state index in [4.69, 9.17) is 9.47 Å². The van der Waals surface area contributed by atoms with Crippen LogP contribution in [0.25, 0.3) is 6.08 Å². The third kappa shape index (κ3) is 16.4. The van der Waals surface area contributed by atoms with Crippen molar-refractivity contribution in [3.63, 3.8) is 0 Å². The zero-order valence-corrected chi connectivity index (χ0v) is 26.5. The van der Waals surface area contributed by atoms with Crippen molar-refractivity contribution in [2.75, 3.05) is 13.2 Å². The fraction of sp³-hybridized carbons (Fsp3) is 0.568. The molecule has 2 aromatic rings. The lowest BCUT2D eigenvalue weighted by atomic mass is 10.0. The molecule has 0 aliphatic heterocycles. The van der Waals surface area contributed by atoms with E-state index in [1.165, 1.54) is 89.5 Å². The number of benzene rings is 2. The van der Waals surface area contributed by atoms with Crippen LogP contribution in [0, 0.1) is 5.92 Å². The molecule has 1 N–H and O–H groups in total. The van der Waals surface area contributed by atoms with Gasteiger partial charge in [-0.05, 0) is 48.2 Å². The van der Waals surface area contributed by atoms with E-state index in [2.05, 4.69) is 25.8 Å². The number of rotatable bonds is 23. The van der Waals surface area contributed by atoms with Crippen LogP contribution in [0.3, 0.4) is 0 Å². The van der Waals surface area contributed by atoms with Crippen LogP contribution in [-0.2, 0) is 9.53 Å². The van der Waals surface area contributed by atoms with E-state index in [-0.39, 0.29) is 11.7 Å². The summed E-state index contributed by atoms with van der Waals surface area (Å²) in [5, 5.41) is 10.4. The number of hydrogen-bond acceptors (Lipinski definition) is 5. The van der Waals surface area contributed by atoms with Gasteiger partial charge in [-0.3, -0.25) is 4.99 Å². The Hall–Kier alpha value is -3.08. The molecule has 0 spiro atoms. The van der Waals surface area contributed by atoms with Crippen molar-refractivity contribution in [2.24, 2.45) is 10.9 Å². The summed E-state index contributed by atoms with van der Waals surface area (Å²) in [6, 6.07) is 12.9. The molecule has 0 aliphatic carbocycles. The monoisotopic (exact) mass is 577 g/mol. The molecule has 42 heavy (non-hydrogen) atoms. The van der Waals surface area contributed by atoms with E-state index in [9.17, 15) is 9.90 Å². The second-order valence-electron chi connectivity index (χ2n) is 11.5. The molecule has 0 radical (unpaired) electrons. The van der Waals surface area contributed by atoms with Crippen molar-refractivity contribution in [3.05, 3.63) is 59.7 Å². The molecule has 2 rings (SSSR count). The van der Waals surface area contributed by atoms with Crippen LogP contribution in [0.2, 0.25) is 0 Å². The lowest BCUT2D eigenvalue weighted by Gasteiger charge is -2.08. The van der Waals surface area contributed by atoms with Gasteiger partial charge >= 0.3 is 5.97 Å². The quantitative estimate of drug-likeness (QED) is 0.0617. The average molecular weight is 578 g/mol. The highest BCUT2D eigenvalue weighted by Gasteiger charge is 2.04. The van der Waals surface area contributed by atoms with Crippen molar-refractivity contribution >= 4 is 23.9 Å². The number of nitrogens with zero attached hydrogens (tertiary/aromatic N) is 1. The standard InChI is InChI=1S/C37H55NO4/c1-4-6-7-8-9-10-11-12-13-14-15-16-17-18-27-41-35-25-22-33(36(39)28-35)29-38-34-23-19-32(20-24-34)21-26-37(40)42-30-31(3)5-2/h19-26,28-29,31,39H,4-18,27,30H2,1-3H3/b26-21+,38-29?. The Bertz CT molecular complexity index is 1040. The van der Waals surface area contributed by atoms with Gasteiger partial charge in [0.25, 0.3) is 0 Å². The maximum Gasteiger partial charge on any atom is 0.330 e. The summed E-state index contributed by atoms with van der Waals surface area (Å²) in [5.41, 5.74) is 2.27. The molecule has 0 saturated heterocycles. The molecular weight excluding hydrogens is 522 g/mol. The largest absolute Gasteiger partial charge is 0.507 e. The number of ether oxygens (including phenoxy) is 2. The van der Waals surface area contributed by atoms with E-state index in [0.29, 0.717) is 30.4 Å². The maximum absolute atomic E-state index is 11.8. The molecule has 2 aromatic carbocycles. The fourth-order valence-corrected chi connectivity index (χ4v) is 4.58. The fourth-order valence-electron chi connectivity index (χ4n) is 4.58. The van der Waals surface area contributed by atoms with Gasteiger partial charge < -0.3 is 14.6 Å². The van der Waals surface area contributed by atoms with Crippen molar-refractivity contribution in [1.82, 2.24) is 0 Å². The molecule has 5 nitrogen and oxygen atoms in total. The minimum Gasteiger partial charge on any atom is -0.507 e. The van der Waals surface area contributed by atoms with E-state index in [0.717, 1.165) is 24.1 Å². The minimum absolute atomic E-state index is 0.146. The molecule has 0 aliphatic rings. The van der Waals surface area contributed by atoms with Crippen molar-refractivity contribution in [1.29, 1.82) is 0 Å². The van der Waals surface area contributed by atoms with Gasteiger partial charge in [-0.2, -0.15) is 0 Å². The summed E-state index contributed by atoms with van der Waals surface area (Å²) < 4.78 is 11.1. The van der Waals surface area contributed by atoms with Gasteiger partial charge in [0.15, 0.2) is 0 Å². The van der Waals surface area contributed by atoms with Gasteiger partial charge in [-0.1, -0.05) is 123 Å². The summed E-state index contributed by atoms with van der Waals surface area (Å²) in [7, 11) is 0. The summed E-state index contributed by atoms with van der Waals surface area (Å²) in [4.78, 5) is 16.3. The number of carbonyl (C=O) groups excluding carboxylic acids is 1. The van der Waals surface area contributed by atoms with E-state index in [1.54, 1.807) is 18.4 Å². The second kappa shape index (κ2) is 22.5. The Kier molecular flexibility index (Phi) is 18.8. The van der Waals surface area contributed by atoms with Crippen LogP contribution < -0.4 is 4.74 Å². The van der Waals surface area contributed by atoms with E-state index in [1.807, 2.05) is 36.4 Å². The number of aromatic hydroxyl groups is 1. The van der Waals surface area contributed by atoms with Gasteiger partial charge in [-0.25, -0.2) is 4.79 Å². The first-order valence-electron chi connectivity index (χ1n) is 16.5. The van der Waals surface area contributed by atoms with Gasteiger partial charge in [-0.15, -0.1) is 0 Å². The molecule has 1 atom stereocenters. The third-order valence-electron chi connectivity index (χ3n) is 7.63. The Labute approximate surface area is 255 Å². The molecule has 1 unspecified atom stereocenters. The Morgan fingerprint density at radius 3 is 2.00 bits per heavy atom. The molecule has 0 bridgehead atoms. The Balaban J connectivity index is 1.59.